The molecular weight excluding hydrogens is 188 g/mol. The van der Waals surface area contributed by atoms with Crippen LogP contribution in [0.5, 0.6) is 0 Å². The molecule has 0 unspecified atom stereocenters. The Bertz CT molecular complexity index is 277. The van der Waals surface area contributed by atoms with Crippen molar-refractivity contribution in [3.63, 3.8) is 0 Å². The van der Waals surface area contributed by atoms with E-state index in [1.807, 2.05) is 20.8 Å². The maximum absolute atomic E-state index is 11.5. The summed E-state index contributed by atoms with van der Waals surface area (Å²) in [5.74, 6) is -0.425. The zero-order chi connectivity index (χ0) is 10.5. The molecule has 0 saturated heterocycles. The van der Waals surface area contributed by atoms with Crippen molar-refractivity contribution >= 4 is 10.0 Å². The molecule has 0 fully saturated rings. The smallest absolute Gasteiger partial charge is 0.211 e. The molecule has 0 aliphatic carbocycles. The minimum Gasteiger partial charge on any atom is -0.211 e. The fraction of sp³-hybridized carbons (Fsp3) is 0.875. The van der Waals surface area contributed by atoms with Gasteiger partial charge in [-0.25, -0.2) is 8.42 Å². The van der Waals surface area contributed by atoms with Crippen LogP contribution in [0.2, 0.25) is 0 Å². The molecule has 4 nitrogen and oxygen atoms in total. The van der Waals surface area contributed by atoms with Crippen LogP contribution < -0.4 is 0 Å². The van der Waals surface area contributed by atoms with Crippen molar-refractivity contribution in [3.05, 3.63) is 0 Å². The predicted octanol–water partition coefficient (Wildman–Crippen LogP) is 0.960. The Hall–Kier alpha value is -0.600. The van der Waals surface area contributed by atoms with Crippen LogP contribution >= 0.6 is 0 Å². The largest absolute Gasteiger partial charge is 0.227 e. The first kappa shape index (κ1) is 12.4. The van der Waals surface area contributed by atoms with Gasteiger partial charge in [-0.1, -0.05) is 6.92 Å². The van der Waals surface area contributed by atoms with Crippen LogP contribution in [0.4, 0.5) is 0 Å². The molecule has 0 heterocycles. The highest BCUT2D eigenvalue weighted by molar-refractivity contribution is 7.89. The van der Waals surface area contributed by atoms with Crippen molar-refractivity contribution < 1.29 is 8.42 Å². The lowest BCUT2D eigenvalue weighted by atomic mass is 10.4. The van der Waals surface area contributed by atoms with Crippen LogP contribution in [0.25, 0.3) is 0 Å². The second-order valence-electron chi connectivity index (χ2n) is 3.12. The third-order valence-electron chi connectivity index (χ3n) is 1.62. The van der Waals surface area contributed by atoms with Crippen LogP contribution in [-0.4, -0.2) is 31.1 Å². The Morgan fingerprint density at radius 3 is 2.31 bits per heavy atom. The third kappa shape index (κ3) is 3.75. The van der Waals surface area contributed by atoms with Crippen molar-refractivity contribution in [2.45, 2.75) is 33.2 Å². The van der Waals surface area contributed by atoms with Crippen LogP contribution in [-0.2, 0) is 10.0 Å². The average Bonchev–Trinajstić information content (AvgIpc) is 1.99. The first-order valence-electron chi connectivity index (χ1n) is 4.32. The van der Waals surface area contributed by atoms with E-state index in [9.17, 15) is 8.42 Å². The highest BCUT2D eigenvalue weighted by Gasteiger charge is 2.23. The van der Waals surface area contributed by atoms with Gasteiger partial charge < -0.3 is 0 Å². The lowest BCUT2D eigenvalue weighted by Gasteiger charge is -2.23. The molecule has 0 spiro atoms. The molecule has 0 aliphatic rings. The Labute approximate surface area is 80.2 Å². The van der Waals surface area contributed by atoms with Gasteiger partial charge >= 0.3 is 0 Å². The number of hydrogen-bond acceptors (Lipinski definition) is 3. The van der Waals surface area contributed by atoms with Gasteiger partial charge in [0, 0.05) is 12.6 Å². The fourth-order valence-electron chi connectivity index (χ4n) is 1.10. The summed E-state index contributed by atoms with van der Waals surface area (Å²) >= 11 is 0. The highest BCUT2D eigenvalue weighted by Crippen LogP contribution is 2.07. The molecule has 0 radical (unpaired) electrons. The molecule has 5 heteroatoms. The first-order valence-corrected chi connectivity index (χ1v) is 5.93. The second kappa shape index (κ2) is 5.20. The van der Waals surface area contributed by atoms with Crippen molar-refractivity contribution in [1.29, 1.82) is 5.26 Å². The average molecular weight is 204 g/mol. The molecule has 0 N–H and O–H groups in total. The molecule has 0 rings (SSSR count). The van der Waals surface area contributed by atoms with Crippen LogP contribution in [0.15, 0.2) is 0 Å². The van der Waals surface area contributed by atoms with E-state index in [0.717, 1.165) is 6.42 Å². The minimum atomic E-state index is -3.36. The summed E-state index contributed by atoms with van der Waals surface area (Å²) in [7, 11) is -3.36. The van der Waals surface area contributed by atoms with Crippen molar-refractivity contribution in [2.24, 2.45) is 0 Å². The van der Waals surface area contributed by atoms with Crippen LogP contribution in [0.1, 0.15) is 27.2 Å². The Kier molecular flexibility index (Phi) is 4.96. The highest BCUT2D eigenvalue weighted by atomic mass is 32.2. The summed E-state index contributed by atoms with van der Waals surface area (Å²) in [4.78, 5) is 0. The first-order chi connectivity index (χ1) is 5.95. The zero-order valence-corrected chi connectivity index (χ0v) is 9.13. The van der Waals surface area contributed by atoms with Gasteiger partial charge in [0.1, 0.15) is 0 Å². The van der Waals surface area contributed by atoms with E-state index in [1.165, 1.54) is 4.31 Å². The second-order valence-corrected chi connectivity index (χ2v) is 5.04. The molecule has 76 valence electrons. The summed E-state index contributed by atoms with van der Waals surface area (Å²) in [5.41, 5.74) is 0. The molecule has 0 bridgehead atoms. The molecule has 0 saturated carbocycles. The van der Waals surface area contributed by atoms with Crippen molar-refractivity contribution in [3.8, 4) is 6.07 Å². The van der Waals surface area contributed by atoms with Gasteiger partial charge in [0.25, 0.3) is 0 Å². The number of hydrogen-bond donors (Lipinski definition) is 0. The standard InChI is InChI=1S/C8H16N2O2S/c1-4-6-10(8(2)3)13(11,12)7-5-9/h8H,4,6-7H2,1-3H3. The Balaban J connectivity index is 4.65. The molecule has 0 aromatic rings. The summed E-state index contributed by atoms with van der Waals surface area (Å²) in [6.07, 6.45) is 0.767. The molecule has 0 aliphatic heterocycles. The van der Waals surface area contributed by atoms with Gasteiger partial charge in [0.15, 0.2) is 5.75 Å². The van der Waals surface area contributed by atoms with E-state index in [0.29, 0.717) is 6.54 Å². The van der Waals surface area contributed by atoms with E-state index in [-0.39, 0.29) is 6.04 Å². The van der Waals surface area contributed by atoms with Gasteiger partial charge in [0.05, 0.1) is 6.07 Å². The number of nitriles is 1. The van der Waals surface area contributed by atoms with E-state index >= 15 is 0 Å². The Morgan fingerprint density at radius 1 is 1.46 bits per heavy atom. The zero-order valence-electron chi connectivity index (χ0n) is 8.32. The molecule has 0 amide bonds. The fourth-order valence-corrected chi connectivity index (χ4v) is 2.54. The van der Waals surface area contributed by atoms with Crippen LogP contribution in [0, 0.1) is 11.3 Å². The summed E-state index contributed by atoms with van der Waals surface area (Å²) in [6.45, 7) is 6.02. The molecule has 13 heavy (non-hydrogen) atoms. The lowest BCUT2D eigenvalue weighted by Crippen LogP contribution is -2.38. The van der Waals surface area contributed by atoms with E-state index in [2.05, 4.69) is 0 Å². The summed E-state index contributed by atoms with van der Waals surface area (Å²) in [6, 6.07) is 1.60. The maximum atomic E-state index is 11.5. The third-order valence-corrected chi connectivity index (χ3v) is 3.44. The number of sulfonamides is 1. The summed E-state index contributed by atoms with van der Waals surface area (Å²) in [5, 5.41) is 8.34. The summed E-state index contributed by atoms with van der Waals surface area (Å²) < 4.78 is 24.3. The van der Waals surface area contributed by atoms with Crippen LogP contribution in [0.3, 0.4) is 0 Å². The van der Waals surface area contributed by atoms with Gasteiger partial charge in [0.2, 0.25) is 10.0 Å². The normalized spacial score (nSPS) is 12.0. The van der Waals surface area contributed by atoms with E-state index in [4.69, 9.17) is 5.26 Å². The van der Waals surface area contributed by atoms with Gasteiger partial charge in [-0.05, 0) is 20.3 Å². The van der Waals surface area contributed by atoms with Crippen molar-refractivity contribution in [2.75, 3.05) is 12.3 Å². The van der Waals surface area contributed by atoms with Crippen molar-refractivity contribution in [1.82, 2.24) is 4.31 Å². The SMILES string of the molecule is CCCN(C(C)C)S(=O)(=O)CC#N. The number of nitrogens with zero attached hydrogens (tertiary/aromatic N) is 2. The minimum absolute atomic E-state index is 0.0710. The van der Waals surface area contributed by atoms with Gasteiger partial charge in [-0.15, -0.1) is 0 Å². The Morgan fingerprint density at radius 2 is 2.00 bits per heavy atom. The topological polar surface area (TPSA) is 61.2 Å². The van der Waals surface area contributed by atoms with Gasteiger partial charge in [-0.3, -0.25) is 0 Å². The van der Waals surface area contributed by atoms with E-state index < -0.39 is 15.8 Å². The monoisotopic (exact) mass is 204 g/mol. The molecule has 0 aromatic carbocycles. The van der Waals surface area contributed by atoms with Gasteiger partial charge in [-0.2, -0.15) is 9.57 Å². The number of rotatable bonds is 5. The maximum Gasteiger partial charge on any atom is 0.227 e. The lowest BCUT2D eigenvalue weighted by molar-refractivity contribution is 0.355. The predicted molar refractivity (Wildman–Crippen MR) is 51.5 cm³/mol. The van der Waals surface area contributed by atoms with E-state index in [1.54, 1.807) is 6.07 Å². The molecule has 0 aromatic heterocycles. The molecular formula is C8H16N2O2S. The quantitative estimate of drug-likeness (QED) is 0.670. The molecule has 0 atom stereocenters.